The monoisotopic (exact) mass is 308 g/mol. The van der Waals surface area contributed by atoms with Crippen molar-refractivity contribution in [3.63, 3.8) is 0 Å². The first kappa shape index (κ1) is 18.7. The van der Waals surface area contributed by atoms with Crippen LogP contribution in [-0.4, -0.2) is 26.9 Å². The third kappa shape index (κ3) is 8.15. The number of aromatic nitrogens is 3. The molecule has 0 aliphatic carbocycles. The van der Waals surface area contributed by atoms with E-state index in [0.717, 1.165) is 31.5 Å². The van der Waals surface area contributed by atoms with Crippen LogP contribution in [0.25, 0.3) is 0 Å². The molecule has 0 unspecified atom stereocenters. The van der Waals surface area contributed by atoms with Crippen molar-refractivity contribution in [3.05, 3.63) is 11.9 Å². The predicted molar refractivity (Wildman–Crippen MR) is 89.7 cm³/mol. The van der Waals surface area contributed by atoms with Crippen molar-refractivity contribution in [2.75, 3.05) is 0 Å². The number of nitrogens with zero attached hydrogens (tertiary/aromatic N) is 3. The fraction of sp³-hybridized carbons (Fsp3) is 0.824. The Morgan fingerprint density at radius 3 is 2.32 bits per heavy atom. The number of carbonyl (C=O) groups excluding carboxylic acids is 1. The molecule has 0 fully saturated rings. The van der Waals surface area contributed by atoms with E-state index in [-0.39, 0.29) is 11.9 Å². The first-order valence-corrected chi connectivity index (χ1v) is 8.68. The van der Waals surface area contributed by atoms with Gasteiger partial charge in [0.25, 0.3) is 0 Å². The number of unbranched alkanes of at least 4 members (excludes halogenated alkanes) is 5. The van der Waals surface area contributed by atoms with Gasteiger partial charge in [-0.1, -0.05) is 44.7 Å². The number of hydrogen-bond acceptors (Lipinski definition) is 3. The molecule has 0 bridgehead atoms. The zero-order chi connectivity index (χ0) is 16.4. The van der Waals surface area contributed by atoms with Crippen LogP contribution in [0.2, 0.25) is 0 Å². The Kier molecular flexibility index (Phi) is 8.78. The molecule has 0 aromatic carbocycles. The molecule has 0 saturated heterocycles. The quantitative estimate of drug-likeness (QED) is 0.635. The number of hydrogen-bond donors (Lipinski definition) is 1. The molecule has 0 aliphatic rings. The Morgan fingerprint density at radius 2 is 1.73 bits per heavy atom. The van der Waals surface area contributed by atoms with Gasteiger partial charge in [-0.25, -0.2) is 0 Å². The summed E-state index contributed by atoms with van der Waals surface area (Å²) in [7, 11) is 0. The lowest BCUT2D eigenvalue weighted by Gasteiger charge is -2.07. The van der Waals surface area contributed by atoms with E-state index >= 15 is 0 Å². The van der Waals surface area contributed by atoms with Crippen LogP contribution in [0, 0.1) is 0 Å². The largest absolute Gasteiger partial charge is 0.354 e. The van der Waals surface area contributed by atoms with E-state index in [1.165, 1.54) is 19.3 Å². The maximum Gasteiger partial charge on any atom is 0.220 e. The SMILES string of the molecule is CC(C)NC(=O)CCCCCCCCn1cc(C(C)C)nn1. The second-order valence-electron chi connectivity index (χ2n) is 6.65. The van der Waals surface area contributed by atoms with Gasteiger partial charge in [-0.3, -0.25) is 9.48 Å². The summed E-state index contributed by atoms with van der Waals surface area (Å²) in [5.41, 5.74) is 1.07. The molecule has 1 amide bonds. The lowest BCUT2D eigenvalue weighted by molar-refractivity contribution is -0.121. The minimum atomic E-state index is 0.183. The fourth-order valence-electron chi connectivity index (χ4n) is 2.35. The molecule has 0 spiro atoms. The van der Waals surface area contributed by atoms with E-state index < -0.39 is 0 Å². The normalized spacial score (nSPS) is 11.4. The maximum atomic E-state index is 11.5. The smallest absolute Gasteiger partial charge is 0.220 e. The van der Waals surface area contributed by atoms with Gasteiger partial charge in [-0.15, -0.1) is 5.10 Å². The third-order valence-electron chi connectivity index (χ3n) is 3.64. The zero-order valence-electron chi connectivity index (χ0n) is 14.6. The van der Waals surface area contributed by atoms with Crippen molar-refractivity contribution in [2.24, 2.45) is 0 Å². The van der Waals surface area contributed by atoms with E-state index in [9.17, 15) is 4.79 Å². The van der Waals surface area contributed by atoms with Crippen LogP contribution >= 0.6 is 0 Å². The summed E-state index contributed by atoms with van der Waals surface area (Å²) in [5, 5.41) is 11.2. The Morgan fingerprint density at radius 1 is 1.09 bits per heavy atom. The lowest BCUT2D eigenvalue weighted by atomic mass is 10.1. The molecule has 0 aliphatic heterocycles. The van der Waals surface area contributed by atoms with E-state index in [1.807, 2.05) is 18.5 Å². The molecule has 1 aromatic rings. The van der Waals surface area contributed by atoms with Crippen LogP contribution < -0.4 is 5.32 Å². The van der Waals surface area contributed by atoms with Gasteiger partial charge in [0.05, 0.1) is 5.69 Å². The van der Waals surface area contributed by atoms with Crippen molar-refractivity contribution >= 4 is 5.91 Å². The first-order valence-electron chi connectivity index (χ1n) is 8.68. The second kappa shape index (κ2) is 10.4. The summed E-state index contributed by atoms with van der Waals surface area (Å²) in [4.78, 5) is 11.5. The minimum absolute atomic E-state index is 0.183. The van der Waals surface area contributed by atoms with E-state index in [2.05, 4.69) is 35.7 Å². The fourth-order valence-corrected chi connectivity index (χ4v) is 2.35. The van der Waals surface area contributed by atoms with Gasteiger partial charge < -0.3 is 5.32 Å². The van der Waals surface area contributed by atoms with Crippen LogP contribution in [0.4, 0.5) is 0 Å². The molecule has 5 nitrogen and oxygen atoms in total. The molecule has 22 heavy (non-hydrogen) atoms. The predicted octanol–water partition coefficient (Wildman–Crippen LogP) is 3.66. The summed E-state index contributed by atoms with van der Waals surface area (Å²) >= 11 is 0. The number of nitrogens with one attached hydrogen (secondary N) is 1. The molecule has 1 heterocycles. The number of amides is 1. The Labute approximate surface area is 134 Å². The van der Waals surface area contributed by atoms with Crippen molar-refractivity contribution in [3.8, 4) is 0 Å². The summed E-state index contributed by atoms with van der Waals surface area (Å²) in [6, 6.07) is 0.250. The molecule has 1 rings (SSSR count). The third-order valence-corrected chi connectivity index (χ3v) is 3.64. The van der Waals surface area contributed by atoms with Gasteiger partial charge in [0.2, 0.25) is 5.91 Å². The summed E-state index contributed by atoms with van der Waals surface area (Å²) in [5.74, 6) is 0.629. The zero-order valence-corrected chi connectivity index (χ0v) is 14.6. The van der Waals surface area contributed by atoms with Gasteiger partial charge in [-0.05, 0) is 32.6 Å². The molecular weight excluding hydrogens is 276 g/mol. The van der Waals surface area contributed by atoms with Gasteiger partial charge in [-0.2, -0.15) is 0 Å². The minimum Gasteiger partial charge on any atom is -0.354 e. The summed E-state index contributed by atoms with van der Waals surface area (Å²) in [6.07, 6.45) is 9.67. The van der Waals surface area contributed by atoms with Crippen LogP contribution in [-0.2, 0) is 11.3 Å². The van der Waals surface area contributed by atoms with Crippen molar-refractivity contribution < 1.29 is 4.79 Å². The van der Waals surface area contributed by atoms with Gasteiger partial charge in [0.1, 0.15) is 0 Å². The molecule has 0 radical (unpaired) electrons. The highest BCUT2D eigenvalue weighted by Crippen LogP contribution is 2.11. The topological polar surface area (TPSA) is 59.8 Å². The molecular formula is C17H32N4O. The van der Waals surface area contributed by atoms with Gasteiger partial charge in [0.15, 0.2) is 0 Å². The Hall–Kier alpha value is -1.39. The first-order chi connectivity index (χ1) is 10.5. The van der Waals surface area contributed by atoms with E-state index in [4.69, 9.17) is 0 Å². The van der Waals surface area contributed by atoms with Crippen molar-refractivity contribution in [2.45, 2.75) is 91.1 Å². The summed E-state index contributed by atoms with van der Waals surface area (Å²) < 4.78 is 1.95. The summed E-state index contributed by atoms with van der Waals surface area (Å²) in [6.45, 7) is 9.22. The number of rotatable bonds is 11. The second-order valence-corrected chi connectivity index (χ2v) is 6.65. The molecule has 126 valence electrons. The molecule has 1 aromatic heterocycles. The molecule has 1 N–H and O–H groups in total. The van der Waals surface area contributed by atoms with Crippen LogP contribution in [0.1, 0.15) is 84.3 Å². The van der Waals surface area contributed by atoms with Crippen LogP contribution in [0.15, 0.2) is 6.20 Å². The highest BCUT2D eigenvalue weighted by molar-refractivity contribution is 5.76. The average molecular weight is 308 g/mol. The molecule has 0 atom stereocenters. The van der Waals surface area contributed by atoms with Crippen LogP contribution in [0.5, 0.6) is 0 Å². The van der Waals surface area contributed by atoms with E-state index in [1.54, 1.807) is 0 Å². The molecule has 5 heteroatoms. The van der Waals surface area contributed by atoms with Crippen molar-refractivity contribution in [1.29, 1.82) is 0 Å². The van der Waals surface area contributed by atoms with Gasteiger partial charge >= 0.3 is 0 Å². The van der Waals surface area contributed by atoms with E-state index in [0.29, 0.717) is 12.3 Å². The lowest BCUT2D eigenvalue weighted by Crippen LogP contribution is -2.29. The number of carbonyl (C=O) groups is 1. The standard InChI is InChI=1S/C17H32N4O/c1-14(2)16-13-21(20-19-16)12-10-8-6-5-7-9-11-17(22)18-15(3)4/h13-15H,5-12H2,1-4H3,(H,18,22). The maximum absolute atomic E-state index is 11.5. The Balaban J connectivity index is 1.96. The highest BCUT2D eigenvalue weighted by Gasteiger charge is 2.04. The highest BCUT2D eigenvalue weighted by atomic mass is 16.1. The van der Waals surface area contributed by atoms with Crippen LogP contribution in [0.3, 0.4) is 0 Å². The van der Waals surface area contributed by atoms with Gasteiger partial charge in [0, 0.05) is 25.2 Å². The van der Waals surface area contributed by atoms with Crippen molar-refractivity contribution in [1.82, 2.24) is 20.3 Å². The molecule has 0 saturated carbocycles. The Bertz CT molecular complexity index is 426. The average Bonchev–Trinajstić information content (AvgIpc) is 2.90. The number of aryl methyl sites for hydroxylation is 1.